The largest absolute Gasteiger partial charge is 0.497 e. The molecule has 0 aliphatic heterocycles. The molecular weight excluding hydrogens is 258 g/mol. The lowest BCUT2D eigenvalue weighted by atomic mass is 10.1. The molecule has 0 aliphatic carbocycles. The number of aromatic nitrogens is 2. The van der Waals surface area contributed by atoms with Crippen molar-refractivity contribution in [2.75, 3.05) is 7.11 Å². The van der Waals surface area contributed by atoms with Crippen molar-refractivity contribution in [2.45, 2.75) is 6.42 Å². The molecule has 0 saturated carbocycles. The molecule has 94 valence electrons. The average molecular weight is 269 g/mol. The predicted molar refractivity (Wildman–Crippen MR) is 74.4 cm³/mol. The van der Waals surface area contributed by atoms with Gasteiger partial charge < -0.3 is 4.74 Å². The molecule has 0 aliphatic rings. The van der Waals surface area contributed by atoms with Crippen molar-refractivity contribution in [1.29, 1.82) is 5.26 Å². The van der Waals surface area contributed by atoms with E-state index >= 15 is 0 Å². The maximum absolute atomic E-state index is 8.99. The Bertz CT molecular complexity index is 766. The number of rotatable bonds is 3. The van der Waals surface area contributed by atoms with E-state index in [2.05, 4.69) is 11.1 Å². The van der Waals surface area contributed by atoms with Crippen molar-refractivity contribution < 1.29 is 4.74 Å². The highest BCUT2D eigenvalue weighted by molar-refractivity contribution is 7.15. The first-order valence-corrected chi connectivity index (χ1v) is 6.67. The third-order valence-electron chi connectivity index (χ3n) is 2.95. The maximum Gasteiger partial charge on any atom is 0.194 e. The van der Waals surface area contributed by atoms with Gasteiger partial charge in [0.15, 0.2) is 4.96 Å². The Hall–Kier alpha value is -2.32. The lowest BCUT2D eigenvalue weighted by Crippen LogP contribution is -1.92. The fraction of sp³-hybridized carbons (Fsp3) is 0.143. The molecule has 2 heterocycles. The first kappa shape index (κ1) is 11.8. The Labute approximate surface area is 114 Å². The van der Waals surface area contributed by atoms with Crippen LogP contribution in [0.3, 0.4) is 0 Å². The fourth-order valence-corrected chi connectivity index (χ4v) is 2.81. The van der Waals surface area contributed by atoms with E-state index in [4.69, 9.17) is 10.00 Å². The van der Waals surface area contributed by atoms with Gasteiger partial charge in [-0.05, 0) is 12.1 Å². The van der Waals surface area contributed by atoms with Gasteiger partial charge in [0, 0.05) is 17.1 Å². The molecule has 1 aromatic carbocycles. The number of hydrogen-bond acceptors (Lipinski definition) is 4. The summed E-state index contributed by atoms with van der Waals surface area (Å²) in [6.07, 6.45) is 2.29. The van der Waals surface area contributed by atoms with Gasteiger partial charge in [-0.1, -0.05) is 12.1 Å². The zero-order valence-electron chi connectivity index (χ0n) is 10.3. The number of fused-ring (bicyclic) bond motifs is 1. The van der Waals surface area contributed by atoms with Crippen molar-refractivity contribution >= 4 is 16.3 Å². The zero-order valence-corrected chi connectivity index (χ0v) is 11.1. The lowest BCUT2D eigenvalue weighted by molar-refractivity contribution is 0.415. The van der Waals surface area contributed by atoms with Crippen LogP contribution in [0.25, 0.3) is 16.2 Å². The maximum atomic E-state index is 8.99. The van der Waals surface area contributed by atoms with Gasteiger partial charge in [-0.25, -0.2) is 4.98 Å². The first-order valence-electron chi connectivity index (χ1n) is 5.79. The average Bonchev–Trinajstić information content (AvgIpc) is 3.02. The molecule has 3 rings (SSSR count). The highest BCUT2D eigenvalue weighted by Crippen LogP contribution is 2.29. The minimum absolute atomic E-state index is 0.338. The summed E-state index contributed by atoms with van der Waals surface area (Å²) in [7, 11) is 1.64. The summed E-state index contributed by atoms with van der Waals surface area (Å²) in [5, 5.41) is 11.0. The minimum Gasteiger partial charge on any atom is -0.497 e. The number of hydrogen-bond donors (Lipinski definition) is 0. The number of nitrogens with zero attached hydrogens (tertiary/aromatic N) is 3. The number of methoxy groups -OCH3 is 1. The predicted octanol–water partition coefficient (Wildman–Crippen LogP) is 3.14. The Morgan fingerprint density at radius 1 is 1.47 bits per heavy atom. The molecule has 0 amide bonds. The molecule has 0 unspecified atom stereocenters. The second-order valence-corrected chi connectivity index (χ2v) is 4.90. The number of benzene rings is 1. The Kier molecular flexibility index (Phi) is 2.94. The van der Waals surface area contributed by atoms with Crippen molar-refractivity contribution in [3.05, 3.63) is 41.5 Å². The number of thiazole rings is 1. The van der Waals surface area contributed by atoms with Crippen LogP contribution in [0.5, 0.6) is 5.75 Å². The van der Waals surface area contributed by atoms with Crippen LogP contribution in [-0.4, -0.2) is 16.5 Å². The highest BCUT2D eigenvalue weighted by atomic mass is 32.1. The summed E-state index contributed by atoms with van der Waals surface area (Å²) in [6.45, 7) is 0. The Morgan fingerprint density at radius 3 is 3.16 bits per heavy atom. The van der Waals surface area contributed by atoms with E-state index in [1.165, 1.54) is 0 Å². The summed E-state index contributed by atoms with van der Waals surface area (Å²) in [6, 6.07) is 9.95. The van der Waals surface area contributed by atoms with Gasteiger partial charge >= 0.3 is 0 Å². The molecule has 0 bridgehead atoms. The highest BCUT2D eigenvalue weighted by Gasteiger charge is 2.14. The van der Waals surface area contributed by atoms with E-state index in [1.54, 1.807) is 18.4 Å². The summed E-state index contributed by atoms with van der Waals surface area (Å²) < 4.78 is 7.21. The fourth-order valence-electron chi connectivity index (χ4n) is 2.08. The SMILES string of the molecule is COc1cccc(-c2nc3sccn3c2CC#N)c1. The summed E-state index contributed by atoms with van der Waals surface area (Å²) in [4.78, 5) is 5.52. The van der Waals surface area contributed by atoms with Gasteiger partial charge in [-0.3, -0.25) is 4.40 Å². The van der Waals surface area contributed by atoms with Crippen LogP contribution in [0.4, 0.5) is 0 Å². The third kappa shape index (κ3) is 1.96. The van der Waals surface area contributed by atoms with Crippen LogP contribution in [0.1, 0.15) is 5.69 Å². The van der Waals surface area contributed by atoms with Crippen molar-refractivity contribution in [2.24, 2.45) is 0 Å². The Morgan fingerprint density at radius 2 is 2.37 bits per heavy atom. The molecule has 5 heteroatoms. The van der Waals surface area contributed by atoms with E-state index in [1.807, 2.05) is 40.2 Å². The normalized spacial score (nSPS) is 10.5. The van der Waals surface area contributed by atoms with E-state index in [0.717, 1.165) is 27.7 Å². The molecule has 2 aromatic heterocycles. The standard InChI is InChI=1S/C14H11N3OS/c1-18-11-4-2-3-10(9-11)13-12(5-6-15)17-7-8-19-14(17)16-13/h2-4,7-9H,5H2,1H3. The van der Waals surface area contributed by atoms with Gasteiger partial charge in [0.05, 0.1) is 31.0 Å². The van der Waals surface area contributed by atoms with Crippen molar-refractivity contribution in [1.82, 2.24) is 9.38 Å². The van der Waals surface area contributed by atoms with E-state index < -0.39 is 0 Å². The van der Waals surface area contributed by atoms with Crippen LogP contribution < -0.4 is 4.74 Å². The summed E-state index contributed by atoms with van der Waals surface area (Å²) in [5.41, 5.74) is 2.75. The molecule has 3 aromatic rings. The lowest BCUT2D eigenvalue weighted by Gasteiger charge is -2.03. The van der Waals surface area contributed by atoms with Gasteiger partial charge in [0.2, 0.25) is 0 Å². The third-order valence-corrected chi connectivity index (χ3v) is 3.71. The molecule has 0 saturated heterocycles. The number of nitriles is 1. The summed E-state index contributed by atoms with van der Waals surface area (Å²) >= 11 is 1.56. The Balaban J connectivity index is 2.20. The van der Waals surface area contributed by atoms with Crippen molar-refractivity contribution in [3.63, 3.8) is 0 Å². The molecule has 0 spiro atoms. The van der Waals surface area contributed by atoms with Crippen LogP contribution in [-0.2, 0) is 6.42 Å². The van der Waals surface area contributed by atoms with Crippen LogP contribution in [0.2, 0.25) is 0 Å². The first-order chi connectivity index (χ1) is 9.33. The second kappa shape index (κ2) is 4.75. The number of ether oxygens (including phenoxy) is 1. The van der Waals surface area contributed by atoms with Crippen LogP contribution >= 0.6 is 11.3 Å². The van der Waals surface area contributed by atoms with E-state index in [9.17, 15) is 0 Å². The molecule has 4 nitrogen and oxygen atoms in total. The molecule has 0 atom stereocenters. The minimum atomic E-state index is 0.338. The smallest absolute Gasteiger partial charge is 0.194 e. The van der Waals surface area contributed by atoms with Crippen molar-refractivity contribution in [3.8, 4) is 23.1 Å². The van der Waals surface area contributed by atoms with E-state index in [-0.39, 0.29) is 0 Å². The molecule has 19 heavy (non-hydrogen) atoms. The topological polar surface area (TPSA) is 50.3 Å². The van der Waals surface area contributed by atoms with E-state index in [0.29, 0.717) is 6.42 Å². The number of imidazole rings is 1. The quantitative estimate of drug-likeness (QED) is 0.734. The molecule has 0 radical (unpaired) electrons. The second-order valence-electron chi connectivity index (χ2n) is 4.03. The molecule has 0 N–H and O–H groups in total. The zero-order chi connectivity index (χ0) is 13.2. The van der Waals surface area contributed by atoms with Gasteiger partial charge in [-0.15, -0.1) is 11.3 Å². The summed E-state index contributed by atoms with van der Waals surface area (Å²) in [5.74, 6) is 0.789. The van der Waals surface area contributed by atoms with Gasteiger partial charge in [0.1, 0.15) is 5.75 Å². The van der Waals surface area contributed by atoms with Gasteiger partial charge in [0.25, 0.3) is 0 Å². The van der Waals surface area contributed by atoms with Crippen LogP contribution in [0, 0.1) is 11.3 Å². The van der Waals surface area contributed by atoms with Gasteiger partial charge in [-0.2, -0.15) is 5.26 Å². The van der Waals surface area contributed by atoms with Crippen LogP contribution in [0.15, 0.2) is 35.8 Å². The molecular formula is C14H11N3OS. The molecule has 0 fully saturated rings. The monoisotopic (exact) mass is 269 g/mol.